The second kappa shape index (κ2) is 12.1. The number of ketones is 1. The van der Waals surface area contributed by atoms with Gasteiger partial charge in [0.2, 0.25) is 0 Å². The normalized spacial score (nSPS) is 11.7. The molecule has 0 amide bonds. The van der Waals surface area contributed by atoms with Gasteiger partial charge in [0.05, 0.1) is 0 Å². The van der Waals surface area contributed by atoms with Crippen molar-refractivity contribution < 1.29 is 4.79 Å². The monoisotopic (exact) mass is 523 g/mol. The predicted octanol–water partition coefficient (Wildman–Crippen LogP) is 7.67. The molecular weight excluding hydrogens is 486 g/mol. The van der Waals surface area contributed by atoms with Crippen molar-refractivity contribution in [3.8, 4) is 0 Å². The molecule has 5 heteroatoms. The third kappa shape index (κ3) is 6.08. The fourth-order valence-corrected chi connectivity index (χ4v) is 11.7. The summed E-state index contributed by atoms with van der Waals surface area (Å²) in [4.78, 5) is 11.2. The van der Waals surface area contributed by atoms with Crippen LogP contribution in [0.2, 0.25) is 21.7 Å². The molecule has 0 aliphatic rings. The van der Waals surface area contributed by atoms with E-state index in [2.05, 4.69) is 100 Å². The van der Waals surface area contributed by atoms with Gasteiger partial charge in [0.1, 0.15) is 5.78 Å². The van der Waals surface area contributed by atoms with Crippen molar-refractivity contribution in [1.29, 1.82) is 0 Å². The Morgan fingerprint density at radius 2 is 1.61 bits per heavy atom. The summed E-state index contributed by atoms with van der Waals surface area (Å²) in [5, 5.41) is 3.60. The third-order valence-corrected chi connectivity index (χ3v) is 12.7. The molecule has 2 nitrogen and oxygen atoms in total. The first-order chi connectivity index (χ1) is 13.1. The molecule has 2 rings (SSSR count). The lowest BCUT2D eigenvalue weighted by molar-refractivity contribution is -0.117. The van der Waals surface area contributed by atoms with E-state index in [1.807, 2.05) is 0 Å². The highest BCUT2D eigenvalue weighted by atomic mass is 127. The van der Waals surface area contributed by atoms with Crippen LogP contribution in [0.25, 0.3) is 10.9 Å². The number of carbonyl (C=O) groups is 1. The molecule has 0 saturated carbocycles. The molecule has 28 heavy (non-hydrogen) atoms. The summed E-state index contributed by atoms with van der Waals surface area (Å²) in [7, 11) is -1.70. The molecule has 0 aliphatic heterocycles. The number of benzene rings is 1. The van der Waals surface area contributed by atoms with Crippen LogP contribution in [0.3, 0.4) is 0 Å². The molecule has 1 aromatic heterocycles. The number of fused-ring (bicyclic) bond motifs is 1. The maximum Gasteiger partial charge on any atom is 0.460 e. The summed E-state index contributed by atoms with van der Waals surface area (Å²) >= 11 is 2.81. The van der Waals surface area contributed by atoms with Crippen molar-refractivity contribution in [1.82, 2.24) is 4.23 Å². The molecule has 2 aromatic rings. The minimum atomic E-state index is -1.70. The van der Waals surface area contributed by atoms with Crippen LogP contribution in [0.5, 0.6) is 0 Å². The summed E-state index contributed by atoms with van der Waals surface area (Å²) < 4.78 is 2.67. The quantitative estimate of drug-likeness (QED) is 0.257. The second-order valence-electron chi connectivity index (χ2n) is 8.75. The smallest absolute Gasteiger partial charge is 0.373 e. The molecule has 0 unspecified atom stereocenters. The van der Waals surface area contributed by atoms with Crippen LogP contribution in [0.15, 0.2) is 30.5 Å². The number of halogens is 1. The molecule has 0 spiro atoms. The van der Waals surface area contributed by atoms with Crippen LogP contribution in [0, 0.1) is 0 Å². The van der Waals surface area contributed by atoms with E-state index in [1.54, 1.807) is 6.92 Å². The van der Waals surface area contributed by atoms with Gasteiger partial charge in [0, 0.05) is 11.9 Å². The molecule has 0 N–H and O–H groups in total. The number of Topliss-reactive ketones (excluding diaryl/α,β-unsaturated/α-hetero) is 1. The van der Waals surface area contributed by atoms with E-state index in [0.717, 1.165) is 12.8 Å². The molecule has 1 aromatic carbocycles. The van der Waals surface area contributed by atoms with Gasteiger partial charge >= 0.3 is 16.5 Å². The SMILES string of the molecule is CC(=O)CCCc1ccc2c(ccn2[Si](C(C)C)(C(C)C)C(C)C)c1.[CH3][Mg][I]. The van der Waals surface area contributed by atoms with Crippen molar-refractivity contribution in [2.45, 2.75) is 89.4 Å². The number of carbonyl (C=O) groups excluding carboxylic acids is 1. The van der Waals surface area contributed by atoms with Crippen molar-refractivity contribution in [2.75, 3.05) is 0 Å². The van der Waals surface area contributed by atoms with Crippen LogP contribution in [-0.4, -0.2) is 34.7 Å². The molecule has 0 atom stereocenters. The van der Waals surface area contributed by atoms with Crippen LogP contribution in [0.1, 0.15) is 66.9 Å². The van der Waals surface area contributed by atoms with E-state index >= 15 is 0 Å². The van der Waals surface area contributed by atoms with Crippen LogP contribution in [-0.2, 0) is 11.2 Å². The number of hydrogen-bond acceptors (Lipinski definition) is 1. The molecule has 0 bridgehead atoms. The molecule has 1 heterocycles. The molecule has 0 radical (unpaired) electrons. The standard InChI is InChI=1S/C22H35NOSi.CH3.HI.Mg/c1-16(2)25(17(3)4,18(5)6)23-14-13-21-15-20(11-12-22(21)23)10-8-9-19(7)24;;;/h11-18H,8-10H2,1-7H3;1H3;1H;/q;;;+1/p-1. The Morgan fingerprint density at radius 1 is 1.07 bits per heavy atom. The van der Waals surface area contributed by atoms with Crippen molar-refractivity contribution >= 4 is 60.3 Å². The summed E-state index contributed by atoms with van der Waals surface area (Å²) in [6, 6.07) is 9.19. The van der Waals surface area contributed by atoms with Crippen LogP contribution < -0.4 is 0 Å². The van der Waals surface area contributed by atoms with Gasteiger partial charge in [0.25, 0.3) is 0 Å². The Morgan fingerprint density at radius 3 is 2.07 bits per heavy atom. The average molecular weight is 524 g/mol. The van der Waals surface area contributed by atoms with Gasteiger partial charge < -0.3 is 27.9 Å². The van der Waals surface area contributed by atoms with Gasteiger partial charge in [-0.25, -0.2) is 0 Å². The van der Waals surface area contributed by atoms with Gasteiger partial charge in [-0.3, -0.25) is 0 Å². The lowest BCUT2D eigenvalue weighted by Crippen LogP contribution is -2.51. The first-order valence-corrected chi connectivity index (χ1v) is 19.5. The summed E-state index contributed by atoms with van der Waals surface area (Å²) in [6.45, 7) is 16.1. The van der Waals surface area contributed by atoms with Crippen LogP contribution in [0.4, 0.5) is 0 Å². The highest BCUT2D eigenvalue weighted by Crippen LogP contribution is 2.44. The third-order valence-electron chi connectivity index (χ3n) is 5.94. The van der Waals surface area contributed by atoms with Gasteiger partial charge in [-0.1, -0.05) is 47.6 Å². The first kappa shape index (κ1) is 26.2. The van der Waals surface area contributed by atoms with Crippen molar-refractivity contribution in [3.05, 3.63) is 36.0 Å². The lowest BCUT2D eigenvalue weighted by Gasteiger charge is -2.44. The van der Waals surface area contributed by atoms with E-state index in [9.17, 15) is 4.79 Å². The molecule has 0 aliphatic carbocycles. The lowest BCUT2D eigenvalue weighted by atomic mass is 10.1. The highest BCUT2D eigenvalue weighted by Gasteiger charge is 2.45. The van der Waals surface area contributed by atoms with E-state index in [-0.39, 0.29) is 5.78 Å². The minimum Gasteiger partial charge on any atom is -0.373 e. The Balaban J connectivity index is 0.00000122. The first-order valence-electron chi connectivity index (χ1n) is 10.8. The Kier molecular flexibility index (Phi) is 11.3. The van der Waals surface area contributed by atoms with Gasteiger partial charge in [0.15, 0.2) is 8.24 Å². The Hall–Kier alpha value is 0.143. The average Bonchev–Trinajstić information content (AvgIpc) is 2.98. The maximum absolute atomic E-state index is 11.2. The summed E-state index contributed by atoms with van der Waals surface area (Å²) in [5.41, 5.74) is 4.81. The molecule has 154 valence electrons. The van der Waals surface area contributed by atoms with Gasteiger partial charge in [-0.05, 0) is 71.7 Å². The van der Waals surface area contributed by atoms with Crippen molar-refractivity contribution in [3.63, 3.8) is 0 Å². The summed E-state index contributed by atoms with van der Waals surface area (Å²) in [5.74, 6) is 0.286. The fraction of sp³-hybridized carbons (Fsp3) is 0.609. The Bertz CT molecular complexity index is 732. The predicted molar refractivity (Wildman–Crippen MR) is 138 cm³/mol. The zero-order chi connectivity index (χ0) is 21.5. The van der Waals surface area contributed by atoms with E-state index in [0.29, 0.717) is 39.5 Å². The molecule has 0 fully saturated rings. The minimum absolute atomic E-state index is 0.286. The van der Waals surface area contributed by atoms with Crippen molar-refractivity contribution in [2.24, 2.45) is 0 Å². The molecule has 0 saturated heterocycles. The number of aromatic nitrogens is 1. The number of rotatable bonds is 8. The second-order valence-corrected chi connectivity index (χ2v) is 19.6. The number of nitrogens with zero attached hydrogens (tertiary/aromatic N) is 1. The zero-order valence-electron chi connectivity index (χ0n) is 19.2. The van der Waals surface area contributed by atoms with Crippen LogP contribution >= 0.6 is 18.9 Å². The number of aryl methyl sites for hydroxylation is 1. The Labute approximate surface area is 193 Å². The fourth-order valence-electron chi connectivity index (χ4n) is 5.06. The van der Waals surface area contributed by atoms with E-state index < -0.39 is 8.24 Å². The zero-order valence-corrected chi connectivity index (χ0v) is 23.8. The summed E-state index contributed by atoms with van der Waals surface area (Å²) in [6.07, 6.45) is 4.96. The maximum atomic E-state index is 11.2. The van der Waals surface area contributed by atoms with E-state index in [1.165, 1.54) is 16.5 Å². The number of hydrogen-bond donors (Lipinski definition) is 0. The van der Waals surface area contributed by atoms with Gasteiger partial charge in [-0.2, -0.15) is 0 Å². The highest BCUT2D eigenvalue weighted by molar-refractivity contribution is 14.1. The topological polar surface area (TPSA) is 22.0 Å². The molecular formula is C23H38IMgNOSi. The van der Waals surface area contributed by atoms with Gasteiger partial charge in [-0.15, -0.1) is 5.05 Å². The van der Waals surface area contributed by atoms with E-state index in [4.69, 9.17) is 0 Å². The largest absolute Gasteiger partial charge is 0.460 e.